The van der Waals surface area contributed by atoms with Crippen LogP contribution in [0.3, 0.4) is 0 Å². The van der Waals surface area contributed by atoms with Gasteiger partial charge < -0.3 is 19.1 Å². The van der Waals surface area contributed by atoms with Crippen molar-refractivity contribution >= 4 is 11.8 Å². The number of ether oxygens (including phenoxy) is 3. The summed E-state index contributed by atoms with van der Waals surface area (Å²) in [7, 11) is 3.35. The summed E-state index contributed by atoms with van der Waals surface area (Å²) in [6.45, 7) is 3.60. The van der Waals surface area contributed by atoms with Crippen molar-refractivity contribution in [2.75, 3.05) is 38.8 Å². The molecular weight excluding hydrogens is 332 g/mol. The Kier molecular flexibility index (Phi) is 7.89. The normalized spacial score (nSPS) is 11.7. The van der Waals surface area contributed by atoms with Crippen molar-refractivity contribution in [2.45, 2.75) is 19.4 Å². The van der Waals surface area contributed by atoms with Gasteiger partial charge in [0.2, 0.25) is 0 Å². The summed E-state index contributed by atoms with van der Waals surface area (Å²) in [6.07, 6.45) is 1.67. The van der Waals surface area contributed by atoms with Gasteiger partial charge in [-0.2, -0.15) is 0 Å². The van der Waals surface area contributed by atoms with E-state index in [-0.39, 0.29) is 5.97 Å². The second kappa shape index (κ2) is 10.4. The van der Waals surface area contributed by atoms with E-state index in [9.17, 15) is 4.79 Å². The number of hydrogen-bond acceptors (Lipinski definition) is 6. The lowest BCUT2D eigenvalue weighted by Gasteiger charge is -2.18. The highest BCUT2D eigenvalue weighted by Crippen LogP contribution is 2.15. The lowest BCUT2D eigenvalue weighted by Crippen LogP contribution is -2.28. The average Bonchev–Trinajstić information content (AvgIpc) is 2.69. The summed E-state index contributed by atoms with van der Waals surface area (Å²) >= 11 is 0. The molecule has 0 saturated heterocycles. The van der Waals surface area contributed by atoms with Crippen LogP contribution in [0.5, 0.6) is 5.75 Å². The van der Waals surface area contributed by atoms with Crippen molar-refractivity contribution in [3.05, 3.63) is 54.2 Å². The molecule has 0 aliphatic carbocycles. The highest BCUT2D eigenvalue weighted by atomic mass is 16.6. The van der Waals surface area contributed by atoms with Gasteiger partial charge in [0.05, 0.1) is 13.7 Å². The fourth-order valence-corrected chi connectivity index (χ4v) is 2.47. The Hall–Kier alpha value is -2.60. The molecule has 1 aromatic carbocycles. The van der Waals surface area contributed by atoms with E-state index in [1.54, 1.807) is 6.20 Å². The monoisotopic (exact) mass is 358 g/mol. The molecule has 0 saturated carbocycles. The van der Waals surface area contributed by atoms with Gasteiger partial charge in [-0.05, 0) is 36.8 Å². The predicted molar refractivity (Wildman–Crippen MR) is 101 cm³/mol. The quantitative estimate of drug-likeness (QED) is 0.609. The molecule has 140 valence electrons. The number of likely N-dealkylation sites (N-methyl/N-ethyl adjacent to an activating group) is 1. The van der Waals surface area contributed by atoms with Gasteiger partial charge in [0, 0.05) is 26.3 Å². The second-order valence-corrected chi connectivity index (χ2v) is 5.77. The zero-order valence-corrected chi connectivity index (χ0v) is 15.6. The molecule has 0 aliphatic heterocycles. The number of aromatic nitrogens is 1. The van der Waals surface area contributed by atoms with Crippen LogP contribution >= 0.6 is 0 Å². The number of benzene rings is 1. The fourth-order valence-electron chi connectivity index (χ4n) is 2.47. The molecule has 2 aromatic rings. The van der Waals surface area contributed by atoms with Gasteiger partial charge in [-0.15, -0.1) is 0 Å². The Morgan fingerprint density at radius 2 is 1.96 bits per heavy atom. The van der Waals surface area contributed by atoms with Crippen molar-refractivity contribution in [3.63, 3.8) is 0 Å². The lowest BCUT2D eigenvalue weighted by molar-refractivity contribution is -0.153. The van der Waals surface area contributed by atoms with Gasteiger partial charge in [-0.1, -0.05) is 18.2 Å². The Labute approximate surface area is 154 Å². The molecule has 0 bridgehead atoms. The zero-order chi connectivity index (χ0) is 18.8. The van der Waals surface area contributed by atoms with Crippen LogP contribution in [0.4, 0.5) is 5.82 Å². The summed E-state index contributed by atoms with van der Waals surface area (Å²) in [5, 5.41) is 0. The third-order valence-corrected chi connectivity index (χ3v) is 3.91. The maximum atomic E-state index is 11.7. The molecule has 0 radical (unpaired) electrons. The number of hydrogen-bond donors (Lipinski definition) is 0. The van der Waals surface area contributed by atoms with E-state index in [0.717, 1.165) is 23.7 Å². The topological polar surface area (TPSA) is 60.9 Å². The van der Waals surface area contributed by atoms with Crippen molar-refractivity contribution in [1.29, 1.82) is 0 Å². The molecule has 6 nitrogen and oxygen atoms in total. The maximum absolute atomic E-state index is 11.7. The standard InChI is InChI=1S/C20H26N2O4/c1-4-25-18(20(23)24-3)15-16-8-10-17(11-9-16)26-14-13-22(2)19-7-5-6-12-21-19/h5-12,18H,4,13-15H2,1-3H3. The molecular formula is C20H26N2O4. The SMILES string of the molecule is CCOC(Cc1ccc(OCCN(C)c2ccccn2)cc1)C(=O)OC. The fraction of sp³-hybridized carbons (Fsp3) is 0.400. The Bertz CT molecular complexity index is 661. The molecule has 1 heterocycles. The van der Waals surface area contributed by atoms with E-state index in [2.05, 4.69) is 4.98 Å². The maximum Gasteiger partial charge on any atom is 0.335 e. The minimum Gasteiger partial charge on any atom is -0.492 e. The van der Waals surface area contributed by atoms with Gasteiger partial charge in [0.25, 0.3) is 0 Å². The van der Waals surface area contributed by atoms with Crippen LogP contribution in [0.15, 0.2) is 48.7 Å². The second-order valence-electron chi connectivity index (χ2n) is 5.77. The molecule has 0 spiro atoms. The van der Waals surface area contributed by atoms with Crippen LogP contribution in [0.25, 0.3) is 0 Å². The number of anilines is 1. The summed E-state index contributed by atoms with van der Waals surface area (Å²) < 4.78 is 16.0. The third kappa shape index (κ3) is 6.04. The van der Waals surface area contributed by atoms with Crippen LogP contribution in [-0.2, 0) is 20.7 Å². The smallest absolute Gasteiger partial charge is 0.335 e. The molecule has 0 aliphatic rings. The predicted octanol–water partition coefficient (Wildman–Crippen LogP) is 2.72. The van der Waals surface area contributed by atoms with Crippen molar-refractivity contribution in [3.8, 4) is 5.75 Å². The molecule has 6 heteroatoms. The highest BCUT2D eigenvalue weighted by molar-refractivity contribution is 5.75. The van der Waals surface area contributed by atoms with Crippen LogP contribution < -0.4 is 9.64 Å². The van der Waals surface area contributed by atoms with Gasteiger partial charge in [-0.25, -0.2) is 9.78 Å². The van der Waals surface area contributed by atoms with Gasteiger partial charge in [-0.3, -0.25) is 0 Å². The number of rotatable bonds is 10. The van der Waals surface area contributed by atoms with E-state index in [1.807, 2.05) is 61.3 Å². The highest BCUT2D eigenvalue weighted by Gasteiger charge is 2.19. The van der Waals surface area contributed by atoms with Crippen molar-refractivity contribution in [1.82, 2.24) is 4.98 Å². The number of nitrogens with zero attached hydrogens (tertiary/aromatic N) is 2. The summed E-state index contributed by atoms with van der Waals surface area (Å²) in [5.74, 6) is 1.34. The van der Waals surface area contributed by atoms with Crippen molar-refractivity contribution < 1.29 is 19.0 Å². The molecule has 1 unspecified atom stereocenters. The van der Waals surface area contributed by atoms with Crippen molar-refractivity contribution in [2.24, 2.45) is 0 Å². The number of carbonyl (C=O) groups excluding carboxylic acids is 1. The Morgan fingerprint density at radius 1 is 1.19 bits per heavy atom. The van der Waals surface area contributed by atoms with E-state index >= 15 is 0 Å². The van der Waals surface area contributed by atoms with E-state index < -0.39 is 6.10 Å². The zero-order valence-electron chi connectivity index (χ0n) is 15.6. The van der Waals surface area contributed by atoms with Gasteiger partial charge >= 0.3 is 5.97 Å². The molecule has 0 amide bonds. The number of pyridine rings is 1. The Morgan fingerprint density at radius 3 is 2.58 bits per heavy atom. The van der Waals surface area contributed by atoms with Crippen LogP contribution in [0, 0.1) is 0 Å². The third-order valence-electron chi connectivity index (χ3n) is 3.91. The van der Waals surface area contributed by atoms with Crippen LogP contribution in [0.2, 0.25) is 0 Å². The van der Waals surface area contributed by atoms with Gasteiger partial charge in [0.1, 0.15) is 18.2 Å². The minimum atomic E-state index is -0.580. The molecule has 0 fully saturated rings. The van der Waals surface area contributed by atoms with E-state index in [4.69, 9.17) is 14.2 Å². The molecule has 26 heavy (non-hydrogen) atoms. The van der Waals surface area contributed by atoms with Gasteiger partial charge in [0.15, 0.2) is 6.10 Å². The first-order valence-corrected chi connectivity index (χ1v) is 8.67. The first-order valence-electron chi connectivity index (χ1n) is 8.67. The largest absolute Gasteiger partial charge is 0.492 e. The summed E-state index contributed by atoms with van der Waals surface area (Å²) in [4.78, 5) is 18.1. The Balaban J connectivity index is 1.82. The number of methoxy groups -OCH3 is 1. The molecule has 2 rings (SSSR count). The molecule has 1 aromatic heterocycles. The first-order chi connectivity index (χ1) is 12.6. The number of esters is 1. The van der Waals surface area contributed by atoms with Crippen LogP contribution in [-0.4, -0.2) is 51.0 Å². The lowest BCUT2D eigenvalue weighted by atomic mass is 10.1. The average molecular weight is 358 g/mol. The molecule has 0 N–H and O–H groups in total. The van der Waals surface area contributed by atoms with E-state index in [0.29, 0.717) is 19.6 Å². The van der Waals surface area contributed by atoms with E-state index in [1.165, 1.54) is 7.11 Å². The first kappa shape index (κ1) is 19.7. The minimum absolute atomic E-state index is 0.357. The summed E-state index contributed by atoms with van der Waals surface area (Å²) in [5.41, 5.74) is 0.992. The molecule has 1 atom stereocenters. The van der Waals surface area contributed by atoms with Crippen LogP contribution in [0.1, 0.15) is 12.5 Å². The number of carbonyl (C=O) groups is 1. The summed E-state index contributed by atoms with van der Waals surface area (Å²) in [6, 6.07) is 13.5.